The fraction of sp³-hybridized carbons (Fsp3) is 0.500. The Morgan fingerprint density at radius 1 is 1.21 bits per heavy atom. The van der Waals surface area contributed by atoms with Crippen LogP contribution in [-0.2, 0) is 6.42 Å². The molecule has 2 heteroatoms. The smallest absolute Gasteiger partial charge is 0.0571 e. The van der Waals surface area contributed by atoms with Crippen molar-refractivity contribution in [2.24, 2.45) is 5.92 Å². The van der Waals surface area contributed by atoms with Crippen LogP contribution < -0.4 is 0 Å². The predicted molar refractivity (Wildman–Crippen MR) is 61.2 cm³/mol. The summed E-state index contributed by atoms with van der Waals surface area (Å²) < 4.78 is 1.12. The molecule has 0 heterocycles. The molecule has 0 unspecified atom stereocenters. The van der Waals surface area contributed by atoms with Crippen LogP contribution in [0.1, 0.15) is 24.8 Å². The Kier molecular flexibility index (Phi) is 3.24. The van der Waals surface area contributed by atoms with Crippen molar-refractivity contribution < 1.29 is 5.11 Å². The van der Waals surface area contributed by atoms with Gasteiger partial charge < -0.3 is 5.11 Å². The molecule has 1 N–H and O–H groups in total. The quantitative estimate of drug-likeness (QED) is 0.860. The van der Waals surface area contributed by atoms with Crippen LogP contribution in [0.2, 0.25) is 0 Å². The minimum absolute atomic E-state index is 0.0707. The Morgan fingerprint density at radius 3 is 2.50 bits per heavy atom. The van der Waals surface area contributed by atoms with Gasteiger partial charge in [0.2, 0.25) is 0 Å². The average Bonchev–Trinajstić information content (AvgIpc) is 2.56. The van der Waals surface area contributed by atoms with Gasteiger partial charge in [0, 0.05) is 4.47 Å². The average molecular weight is 255 g/mol. The van der Waals surface area contributed by atoms with Crippen LogP contribution in [0.5, 0.6) is 0 Å². The summed E-state index contributed by atoms with van der Waals surface area (Å²) in [5.41, 5.74) is 1.33. The maximum atomic E-state index is 9.70. The number of hydrogen-bond donors (Lipinski definition) is 1. The zero-order valence-corrected chi connectivity index (χ0v) is 9.70. The van der Waals surface area contributed by atoms with Crippen molar-refractivity contribution in [1.29, 1.82) is 0 Å². The molecule has 1 aromatic rings. The zero-order chi connectivity index (χ0) is 9.97. The summed E-state index contributed by atoms with van der Waals surface area (Å²) in [7, 11) is 0. The SMILES string of the molecule is O[C@H]1CCC[C@@H]1Cc1ccc(Br)cc1. The van der Waals surface area contributed by atoms with Gasteiger partial charge in [-0.25, -0.2) is 0 Å². The highest BCUT2D eigenvalue weighted by atomic mass is 79.9. The van der Waals surface area contributed by atoms with E-state index in [1.54, 1.807) is 0 Å². The Hall–Kier alpha value is -0.340. The lowest BCUT2D eigenvalue weighted by atomic mass is 9.96. The monoisotopic (exact) mass is 254 g/mol. The Labute approximate surface area is 93.3 Å². The molecule has 76 valence electrons. The first-order valence-corrected chi connectivity index (χ1v) is 5.97. The fourth-order valence-electron chi connectivity index (χ4n) is 2.18. The lowest BCUT2D eigenvalue weighted by Crippen LogP contribution is -2.15. The molecule has 1 saturated carbocycles. The fourth-order valence-corrected chi connectivity index (χ4v) is 2.44. The van der Waals surface area contributed by atoms with Crippen LogP contribution in [-0.4, -0.2) is 11.2 Å². The van der Waals surface area contributed by atoms with Gasteiger partial charge in [0.05, 0.1) is 6.10 Å². The van der Waals surface area contributed by atoms with E-state index < -0.39 is 0 Å². The van der Waals surface area contributed by atoms with Gasteiger partial charge in [0.15, 0.2) is 0 Å². The normalized spacial score (nSPS) is 26.7. The topological polar surface area (TPSA) is 20.2 Å². The lowest BCUT2D eigenvalue weighted by Gasteiger charge is -2.13. The summed E-state index contributed by atoms with van der Waals surface area (Å²) in [5, 5.41) is 9.70. The van der Waals surface area contributed by atoms with Crippen molar-refractivity contribution >= 4 is 15.9 Å². The molecule has 2 rings (SSSR count). The van der Waals surface area contributed by atoms with Gasteiger partial charge in [-0.15, -0.1) is 0 Å². The zero-order valence-electron chi connectivity index (χ0n) is 8.12. The van der Waals surface area contributed by atoms with Crippen molar-refractivity contribution in [3.05, 3.63) is 34.3 Å². The van der Waals surface area contributed by atoms with Crippen LogP contribution in [0.4, 0.5) is 0 Å². The maximum Gasteiger partial charge on any atom is 0.0571 e. The highest BCUT2D eigenvalue weighted by Gasteiger charge is 2.24. The summed E-state index contributed by atoms with van der Waals surface area (Å²) in [4.78, 5) is 0. The molecule has 1 fully saturated rings. The van der Waals surface area contributed by atoms with E-state index in [-0.39, 0.29) is 6.10 Å². The van der Waals surface area contributed by atoms with Crippen LogP contribution in [0.15, 0.2) is 28.7 Å². The molecule has 1 aliphatic rings. The van der Waals surface area contributed by atoms with Gasteiger partial charge in [-0.05, 0) is 42.9 Å². The second-order valence-electron chi connectivity index (χ2n) is 4.09. The van der Waals surface area contributed by atoms with Gasteiger partial charge in [-0.3, -0.25) is 0 Å². The maximum absolute atomic E-state index is 9.70. The van der Waals surface area contributed by atoms with Gasteiger partial charge in [0.25, 0.3) is 0 Å². The molecule has 0 saturated heterocycles. The number of hydrogen-bond acceptors (Lipinski definition) is 1. The summed E-state index contributed by atoms with van der Waals surface area (Å²) in [6, 6.07) is 8.40. The number of halogens is 1. The van der Waals surface area contributed by atoms with Gasteiger partial charge in [-0.1, -0.05) is 34.5 Å². The highest BCUT2D eigenvalue weighted by molar-refractivity contribution is 9.10. The van der Waals surface area contributed by atoms with Crippen LogP contribution in [0.3, 0.4) is 0 Å². The molecule has 1 nitrogen and oxygen atoms in total. The van der Waals surface area contributed by atoms with Gasteiger partial charge in [-0.2, -0.15) is 0 Å². The molecule has 2 atom stereocenters. The van der Waals surface area contributed by atoms with E-state index in [9.17, 15) is 5.11 Å². The summed E-state index contributed by atoms with van der Waals surface area (Å²) in [5.74, 6) is 0.483. The molecule has 0 aliphatic heterocycles. The Morgan fingerprint density at radius 2 is 1.93 bits per heavy atom. The number of aliphatic hydroxyl groups excluding tert-OH is 1. The molecule has 14 heavy (non-hydrogen) atoms. The summed E-state index contributed by atoms with van der Waals surface area (Å²) in [6.07, 6.45) is 4.30. The number of benzene rings is 1. The summed E-state index contributed by atoms with van der Waals surface area (Å²) in [6.45, 7) is 0. The van der Waals surface area contributed by atoms with Crippen molar-refractivity contribution in [2.45, 2.75) is 31.8 Å². The van der Waals surface area contributed by atoms with E-state index >= 15 is 0 Å². The van der Waals surface area contributed by atoms with E-state index in [2.05, 4.69) is 40.2 Å². The van der Waals surface area contributed by atoms with Crippen LogP contribution in [0.25, 0.3) is 0 Å². The van der Waals surface area contributed by atoms with E-state index in [4.69, 9.17) is 0 Å². The summed E-state index contributed by atoms with van der Waals surface area (Å²) >= 11 is 3.42. The van der Waals surface area contributed by atoms with E-state index in [1.807, 2.05) is 0 Å². The third-order valence-corrected chi connectivity index (χ3v) is 3.56. The number of rotatable bonds is 2. The molecule has 1 aromatic carbocycles. The first-order chi connectivity index (χ1) is 6.75. The molecule has 0 spiro atoms. The van der Waals surface area contributed by atoms with Crippen molar-refractivity contribution in [3.63, 3.8) is 0 Å². The predicted octanol–water partition coefficient (Wildman–Crippen LogP) is 3.15. The molecular weight excluding hydrogens is 240 g/mol. The van der Waals surface area contributed by atoms with Gasteiger partial charge in [0.1, 0.15) is 0 Å². The lowest BCUT2D eigenvalue weighted by molar-refractivity contribution is 0.132. The molecule has 0 amide bonds. The first kappa shape index (κ1) is 10.2. The Balaban J connectivity index is 2.00. The highest BCUT2D eigenvalue weighted by Crippen LogP contribution is 2.28. The van der Waals surface area contributed by atoms with E-state index in [0.29, 0.717) is 5.92 Å². The molecular formula is C12H15BrO. The van der Waals surface area contributed by atoms with E-state index in [1.165, 1.54) is 18.4 Å². The minimum atomic E-state index is -0.0707. The first-order valence-electron chi connectivity index (χ1n) is 5.18. The number of aliphatic hydroxyl groups is 1. The molecule has 1 aliphatic carbocycles. The standard InChI is InChI=1S/C12H15BrO/c13-11-6-4-9(5-7-11)8-10-2-1-3-12(10)14/h4-7,10,12,14H,1-3,8H2/t10-,12+/m1/s1. The largest absolute Gasteiger partial charge is 0.393 e. The minimum Gasteiger partial charge on any atom is -0.393 e. The van der Waals surface area contributed by atoms with Gasteiger partial charge >= 0.3 is 0 Å². The molecule has 0 radical (unpaired) electrons. The molecule has 0 bridgehead atoms. The third kappa shape index (κ3) is 2.37. The molecule has 0 aromatic heterocycles. The Bertz CT molecular complexity index is 294. The second-order valence-corrected chi connectivity index (χ2v) is 5.00. The van der Waals surface area contributed by atoms with E-state index in [0.717, 1.165) is 17.3 Å². The van der Waals surface area contributed by atoms with Crippen molar-refractivity contribution in [3.8, 4) is 0 Å². The van der Waals surface area contributed by atoms with Crippen LogP contribution in [0, 0.1) is 5.92 Å². The van der Waals surface area contributed by atoms with Crippen molar-refractivity contribution in [2.75, 3.05) is 0 Å². The third-order valence-electron chi connectivity index (χ3n) is 3.03. The van der Waals surface area contributed by atoms with Crippen molar-refractivity contribution in [1.82, 2.24) is 0 Å². The second kappa shape index (κ2) is 4.45. The van der Waals surface area contributed by atoms with Crippen LogP contribution >= 0.6 is 15.9 Å².